The van der Waals surface area contributed by atoms with Gasteiger partial charge in [0.15, 0.2) is 0 Å². The van der Waals surface area contributed by atoms with Gasteiger partial charge in [0.05, 0.1) is 17.6 Å². The van der Waals surface area contributed by atoms with Gasteiger partial charge in [0.25, 0.3) is 0 Å². The van der Waals surface area contributed by atoms with Gasteiger partial charge in [-0.25, -0.2) is 4.98 Å². The second kappa shape index (κ2) is 6.20. The van der Waals surface area contributed by atoms with Crippen LogP contribution in [-0.4, -0.2) is 21.3 Å². The van der Waals surface area contributed by atoms with Crippen LogP contribution in [0, 0.1) is 13.8 Å². The maximum absolute atomic E-state index is 9.31. The summed E-state index contributed by atoms with van der Waals surface area (Å²) in [6.45, 7) is 5.07. The van der Waals surface area contributed by atoms with Crippen LogP contribution in [0.2, 0.25) is 0 Å². The van der Waals surface area contributed by atoms with Gasteiger partial charge in [0.1, 0.15) is 18.2 Å². The summed E-state index contributed by atoms with van der Waals surface area (Å²) in [4.78, 5) is 4.63. The zero-order valence-corrected chi connectivity index (χ0v) is 12.9. The van der Waals surface area contributed by atoms with Crippen molar-refractivity contribution in [2.75, 3.05) is 6.61 Å². The summed E-state index contributed by atoms with van der Waals surface area (Å²) >= 11 is 0. The third-order valence-electron chi connectivity index (χ3n) is 3.81. The van der Waals surface area contributed by atoms with Gasteiger partial charge in [-0.3, -0.25) is 0 Å². The molecule has 1 N–H and O–H groups in total. The minimum absolute atomic E-state index is 0.0801. The third-order valence-corrected chi connectivity index (χ3v) is 3.81. The second-order valence-corrected chi connectivity index (χ2v) is 5.40. The number of ether oxygens (including phenoxy) is 1. The van der Waals surface area contributed by atoms with Crippen molar-refractivity contribution in [3.05, 3.63) is 59.4 Å². The highest BCUT2D eigenvalue weighted by molar-refractivity contribution is 5.75. The van der Waals surface area contributed by atoms with Crippen LogP contribution in [0.4, 0.5) is 0 Å². The Morgan fingerprint density at radius 3 is 2.50 bits per heavy atom. The number of fused-ring (bicyclic) bond motifs is 1. The number of nitrogens with zero attached hydrogens (tertiary/aromatic N) is 2. The SMILES string of the molecule is Cc1cccc(C)c1OCc1nc2ccccc2n1CCO. The molecular weight excluding hydrogens is 276 g/mol. The third kappa shape index (κ3) is 2.70. The Kier molecular flexibility index (Phi) is 4.11. The second-order valence-electron chi connectivity index (χ2n) is 5.40. The van der Waals surface area contributed by atoms with Gasteiger partial charge in [-0.1, -0.05) is 30.3 Å². The van der Waals surface area contributed by atoms with E-state index in [0.717, 1.165) is 33.7 Å². The lowest BCUT2D eigenvalue weighted by molar-refractivity contribution is 0.259. The van der Waals surface area contributed by atoms with Crippen molar-refractivity contribution in [1.82, 2.24) is 9.55 Å². The first kappa shape index (κ1) is 14.6. The van der Waals surface area contributed by atoms with Crippen molar-refractivity contribution < 1.29 is 9.84 Å². The van der Waals surface area contributed by atoms with Crippen LogP contribution in [-0.2, 0) is 13.2 Å². The van der Waals surface area contributed by atoms with Crippen molar-refractivity contribution >= 4 is 11.0 Å². The van der Waals surface area contributed by atoms with E-state index in [2.05, 4.69) is 4.98 Å². The number of aliphatic hydroxyl groups is 1. The minimum Gasteiger partial charge on any atom is -0.485 e. The zero-order chi connectivity index (χ0) is 15.5. The van der Waals surface area contributed by atoms with Gasteiger partial charge < -0.3 is 14.4 Å². The average Bonchev–Trinajstić information content (AvgIpc) is 2.85. The van der Waals surface area contributed by atoms with E-state index in [1.807, 2.05) is 60.9 Å². The molecule has 2 aromatic carbocycles. The molecule has 114 valence electrons. The van der Waals surface area contributed by atoms with Crippen LogP contribution < -0.4 is 4.74 Å². The standard InChI is InChI=1S/C18H20N2O2/c1-13-6-5-7-14(2)18(13)22-12-17-19-15-8-3-4-9-16(15)20(17)10-11-21/h3-9,21H,10-12H2,1-2H3. The summed E-state index contributed by atoms with van der Waals surface area (Å²) in [6.07, 6.45) is 0. The molecule has 1 aromatic heterocycles. The smallest absolute Gasteiger partial charge is 0.148 e. The fourth-order valence-electron chi connectivity index (χ4n) is 2.75. The lowest BCUT2D eigenvalue weighted by atomic mass is 10.1. The molecule has 22 heavy (non-hydrogen) atoms. The molecule has 4 nitrogen and oxygen atoms in total. The summed E-state index contributed by atoms with van der Waals surface area (Å²) in [6, 6.07) is 14.0. The highest BCUT2D eigenvalue weighted by atomic mass is 16.5. The molecule has 1 heterocycles. The molecule has 0 fully saturated rings. The highest BCUT2D eigenvalue weighted by Crippen LogP contribution is 2.24. The maximum Gasteiger partial charge on any atom is 0.148 e. The number of aliphatic hydroxyl groups excluding tert-OH is 1. The van der Waals surface area contributed by atoms with Crippen LogP contribution in [0.3, 0.4) is 0 Å². The van der Waals surface area contributed by atoms with E-state index in [-0.39, 0.29) is 6.61 Å². The van der Waals surface area contributed by atoms with Crippen LogP contribution in [0.5, 0.6) is 5.75 Å². The van der Waals surface area contributed by atoms with Crippen LogP contribution in [0.15, 0.2) is 42.5 Å². The van der Waals surface area contributed by atoms with E-state index in [1.54, 1.807) is 0 Å². The van der Waals surface area contributed by atoms with Gasteiger partial charge in [0, 0.05) is 6.54 Å². The number of hydrogen-bond donors (Lipinski definition) is 1. The Hall–Kier alpha value is -2.33. The van der Waals surface area contributed by atoms with Crippen LogP contribution >= 0.6 is 0 Å². The molecule has 0 amide bonds. The van der Waals surface area contributed by atoms with Gasteiger partial charge in [-0.15, -0.1) is 0 Å². The molecule has 0 saturated heterocycles. The molecule has 0 spiro atoms. The number of imidazole rings is 1. The molecule has 0 saturated carbocycles. The van der Waals surface area contributed by atoms with Gasteiger partial charge >= 0.3 is 0 Å². The first-order valence-corrected chi connectivity index (χ1v) is 7.44. The summed E-state index contributed by atoms with van der Waals surface area (Å²) in [5.74, 6) is 1.74. The van der Waals surface area contributed by atoms with E-state index < -0.39 is 0 Å². The number of aryl methyl sites for hydroxylation is 2. The van der Waals surface area contributed by atoms with Gasteiger partial charge in [-0.05, 0) is 37.1 Å². The minimum atomic E-state index is 0.0801. The molecule has 4 heteroatoms. The first-order chi connectivity index (χ1) is 10.7. The number of para-hydroxylation sites is 3. The lowest BCUT2D eigenvalue weighted by Crippen LogP contribution is -2.10. The van der Waals surface area contributed by atoms with Crippen molar-refractivity contribution in [2.24, 2.45) is 0 Å². The molecule has 0 bridgehead atoms. The monoisotopic (exact) mass is 296 g/mol. The molecule has 3 rings (SSSR count). The Morgan fingerprint density at radius 2 is 1.77 bits per heavy atom. The molecule has 0 radical (unpaired) electrons. The quantitative estimate of drug-likeness (QED) is 0.786. The summed E-state index contributed by atoms with van der Waals surface area (Å²) in [7, 11) is 0. The van der Waals surface area contributed by atoms with Crippen LogP contribution in [0.1, 0.15) is 17.0 Å². The molecule has 0 aliphatic rings. The summed E-state index contributed by atoms with van der Waals surface area (Å²) in [5.41, 5.74) is 4.18. The summed E-state index contributed by atoms with van der Waals surface area (Å²) in [5, 5.41) is 9.31. The number of hydrogen-bond acceptors (Lipinski definition) is 3. The maximum atomic E-state index is 9.31. The zero-order valence-electron chi connectivity index (χ0n) is 12.9. The van der Waals surface area contributed by atoms with Crippen molar-refractivity contribution in [3.63, 3.8) is 0 Å². The first-order valence-electron chi connectivity index (χ1n) is 7.44. The Bertz CT molecular complexity index is 773. The Morgan fingerprint density at radius 1 is 1.05 bits per heavy atom. The number of benzene rings is 2. The Balaban J connectivity index is 1.92. The van der Waals surface area contributed by atoms with Crippen LogP contribution in [0.25, 0.3) is 11.0 Å². The Labute approximate surface area is 130 Å². The summed E-state index contributed by atoms with van der Waals surface area (Å²) < 4.78 is 8.02. The molecule has 3 aromatic rings. The van der Waals surface area contributed by atoms with E-state index in [9.17, 15) is 5.11 Å². The van der Waals surface area contributed by atoms with E-state index >= 15 is 0 Å². The predicted molar refractivity (Wildman–Crippen MR) is 87.1 cm³/mol. The highest BCUT2D eigenvalue weighted by Gasteiger charge is 2.12. The predicted octanol–water partition coefficient (Wildman–Crippen LogP) is 3.22. The topological polar surface area (TPSA) is 47.3 Å². The van der Waals surface area contributed by atoms with Gasteiger partial charge in [0.2, 0.25) is 0 Å². The largest absolute Gasteiger partial charge is 0.485 e. The van der Waals surface area contributed by atoms with E-state index in [0.29, 0.717) is 13.2 Å². The lowest BCUT2D eigenvalue weighted by Gasteiger charge is -2.13. The van der Waals surface area contributed by atoms with Crippen molar-refractivity contribution in [2.45, 2.75) is 27.0 Å². The van der Waals surface area contributed by atoms with E-state index in [1.165, 1.54) is 0 Å². The average molecular weight is 296 g/mol. The normalized spacial score (nSPS) is 11.0. The number of aromatic nitrogens is 2. The molecule has 0 aliphatic carbocycles. The van der Waals surface area contributed by atoms with Gasteiger partial charge in [-0.2, -0.15) is 0 Å². The van der Waals surface area contributed by atoms with Crippen molar-refractivity contribution in [1.29, 1.82) is 0 Å². The molecule has 0 atom stereocenters. The molecule has 0 aliphatic heterocycles. The molecule has 0 unspecified atom stereocenters. The molecular formula is C18H20N2O2. The van der Waals surface area contributed by atoms with Crippen molar-refractivity contribution in [3.8, 4) is 5.75 Å². The fourth-order valence-corrected chi connectivity index (χ4v) is 2.75. The fraction of sp³-hybridized carbons (Fsp3) is 0.278. The number of rotatable bonds is 5. The van der Waals surface area contributed by atoms with E-state index in [4.69, 9.17) is 4.74 Å².